The first-order valence-electron chi connectivity index (χ1n) is 8.76. The first kappa shape index (κ1) is 19.0. The molecule has 0 fully saturated rings. The van der Waals surface area contributed by atoms with E-state index in [1.807, 2.05) is 55.3 Å². The minimum Gasteiger partial charge on any atom is -0.492 e. The van der Waals surface area contributed by atoms with Crippen LogP contribution in [0.3, 0.4) is 0 Å². The van der Waals surface area contributed by atoms with Gasteiger partial charge in [-0.25, -0.2) is 0 Å². The van der Waals surface area contributed by atoms with Gasteiger partial charge in [0.25, 0.3) is 0 Å². The van der Waals surface area contributed by atoms with E-state index in [1.54, 1.807) is 0 Å². The molecule has 0 saturated carbocycles. The molecule has 4 heteroatoms. The van der Waals surface area contributed by atoms with Crippen LogP contribution >= 0.6 is 0 Å². The number of hydrogen-bond donors (Lipinski definition) is 1. The highest BCUT2D eigenvalue weighted by Crippen LogP contribution is 2.20. The van der Waals surface area contributed by atoms with E-state index in [0.717, 1.165) is 23.4 Å². The molecule has 0 saturated heterocycles. The number of nitrogens with one attached hydrogen (secondary N) is 1. The Bertz CT molecular complexity index is 696. The van der Waals surface area contributed by atoms with E-state index in [-0.39, 0.29) is 5.91 Å². The molecular weight excluding hydrogens is 312 g/mol. The first-order valence-corrected chi connectivity index (χ1v) is 8.76. The SMILES string of the molecule is CCc1cccc(C)c1NC(=O)CN(C)CCOc1ccc(C)cc1. The first-order chi connectivity index (χ1) is 12.0. The third-order valence-corrected chi connectivity index (χ3v) is 4.18. The highest BCUT2D eigenvalue weighted by Gasteiger charge is 2.11. The highest BCUT2D eigenvalue weighted by atomic mass is 16.5. The van der Waals surface area contributed by atoms with E-state index >= 15 is 0 Å². The van der Waals surface area contributed by atoms with Crippen molar-refractivity contribution in [1.82, 2.24) is 4.90 Å². The zero-order valence-electron chi connectivity index (χ0n) is 15.6. The summed E-state index contributed by atoms with van der Waals surface area (Å²) in [6.07, 6.45) is 0.900. The summed E-state index contributed by atoms with van der Waals surface area (Å²) in [5.74, 6) is 0.859. The highest BCUT2D eigenvalue weighted by molar-refractivity contribution is 5.93. The summed E-state index contributed by atoms with van der Waals surface area (Å²) in [5.41, 5.74) is 4.42. The molecule has 2 aromatic carbocycles. The molecule has 1 amide bonds. The quantitative estimate of drug-likeness (QED) is 0.794. The topological polar surface area (TPSA) is 41.6 Å². The number of benzene rings is 2. The average molecular weight is 340 g/mol. The van der Waals surface area contributed by atoms with Crippen LogP contribution in [0.1, 0.15) is 23.6 Å². The third kappa shape index (κ3) is 5.91. The molecule has 0 aliphatic rings. The van der Waals surface area contributed by atoms with Crippen LogP contribution in [-0.2, 0) is 11.2 Å². The van der Waals surface area contributed by atoms with Gasteiger partial charge in [0.05, 0.1) is 6.54 Å². The molecule has 0 radical (unpaired) electrons. The van der Waals surface area contributed by atoms with Crippen molar-refractivity contribution in [1.29, 1.82) is 0 Å². The summed E-state index contributed by atoms with van der Waals surface area (Å²) >= 11 is 0. The van der Waals surface area contributed by atoms with Crippen LogP contribution in [0.5, 0.6) is 5.75 Å². The van der Waals surface area contributed by atoms with E-state index in [2.05, 4.69) is 25.2 Å². The predicted molar refractivity (Wildman–Crippen MR) is 103 cm³/mol. The van der Waals surface area contributed by atoms with E-state index in [0.29, 0.717) is 19.7 Å². The molecule has 2 aromatic rings. The second kappa shape index (κ2) is 9.23. The van der Waals surface area contributed by atoms with Gasteiger partial charge in [-0.15, -0.1) is 0 Å². The van der Waals surface area contributed by atoms with Gasteiger partial charge < -0.3 is 10.1 Å². The van der Waals surface area contributed by atoms with Gasteiger partial charge in [0.2, 0.25) is 5.91 Å². The molecule has 0 spiro atoms. The summed E-state index contributed by atoms with van der Waals surface area (Å²) in [6.45, 7) is 7.75. The summed E-state index contributed by atoms with van der Waals surface area (Å²) in [6, 6.07) is 14.1. The maximum absolute atomic E-state index is 12.3. The molecule has 0 heterocycles. The molecule has 0 aromatic heterocycles. The molecule has 0 unspecified atom stereocenters. The Morgan fingerprint density at radius 3 is 2.52 bits per heavy atom. The average Bonchev–Trinajstić information content (AvgIpc) is 2.58. The Kier molecular flexibility index (Phi) is 7.02. The number of ether oxygens (including phenoxy) is 1. The van der Waals surface area contributed by atoms with Gasteiger partial charge in [0.1, 0.15) is 12.4 Å². The van der Waals surface area contributed by atoms with Crippen molar-refractivity contribution >= 4 is 11.6 Å². The van der Waals surface area contributed by atoms with Crippen molar-refractivity contribution < 1.29 is 9.53 Å². The number of hydrogen-bond acceptors (Lipinski definition) is 3. The lowest BCUT2D eigenvalue weighted by molar-refractivity contribution is -0.117. The summed E-state index contributed by atoms with van der Waals surface area (Å²) in [5, 5.41) is 3.05. The second-order valence-electron chi connectivity index (χ2n) is 6.41. The Morgan fingerprint density at radius 2 is 1.84 bits per heavy atom. The minimum atomic E-state index is 0.00170. The lowest BCUT2D eigenvalue weighted by atomic mass is 10.1. The molecule has 1 N–H and O–H groups in total. The van der Waals surface area contributed by atoms with Gasteiger partial charge in [-0.05, 0) is 50.6 Å². The molecule has 0 bridgehead atoms. The molecule has 25 heavy (non-hydrogen) atoms. The Morgan fingerprint density at radius 1 is 1.12 bits per heavy atom. The predicted octanol–water partition coefficient (Wildman–Crippen LogP) is 3.82. The molecular formula is C21H28N2O2. The zero-order chi connectivity index (χ0) is 18.2. The number of likely N-dealkylation sites (N-methyl/N-ethyl adjacent to an activating group) is 1. The monoisotopic (exact) mass is 340 g/mol. The van der Waals surface area contributed by atoms with Crippen LogP contribution in [0.15, 0.2) is 42.5 Å². The molecule has 0 aliphatic heterocycles. The second-order valence-corrected chi connectivity index (χ2v) is 6.41. The van der Waals surface area contributed by atoms with Crippen LogP contribution < -0.4 is 10.1 Å². The maximum Gasteiger partial charge on any atom is 0.238 e. The number of amides is 1. The van der Waals surface area contributed by atoms with Crippen molar-refractivity contribution in [3.05, 3.63) is 59.2 Å². The lowest BCUT2D eigenvalue weighted by Gasteiger charge is -2.18. The third-order valence-electron chi connectivity index (χ3n) is 4.18. The maximum atomic E-state index is 12.3. The number of para-hydroxylation sites is 1. The fraction of sp³-hybridized carbons (Fsp3) is 0.381. The number of anilines is 1. The van der Waals surface area contributed by atoms with Crippen LogP contribution in [0, 0.1) is 13.8 Å². The largest absolute Gasteiger partial charge is 0.492 e. The van der Waals surface area contributed by atoms with Gasteiger partial charge in [0, 0.05) is 12.2 Å². The molecule has 0 aliphatic carbocycles. The lowest BCUT2D eigenvalue weighted by Crippen LogP contribution is -2.33. The van der Waals surface area contributed by atoms with Crippen molar-refractivity contribution in [2.45, 2.75) is 27.2 Å². The van der Waals surface area contributed by atoms with Crippen LogP contribution in [0.25, 0.3) is 0 Å². The van der Waals surface area contributed by atoms with Crippen LogP contribution in [0.2, 0.25) is 0 Å². The fourth-order valence-electron chi connectivity index (χ4n) is 2.66. The van der Waals surface area contributed by atoms with Gasteiger partial charge in [-0.2, -0.15) is 0 Å². The van der Waals surface area contributed by atoms with E-state index in [9.17, 15) is 4.79 Å². The van der Waals surface area contributed by atoms with Gasteiger partial charge in [-0.1, -0.05) is 42.8 Å². The molecule has 4 nitrogen and oxygen atoms in total. The summed E-state index contributed by atoms with van der Waals surface area (Å²) < 4.78 is 5.71. The van der Waals surface area contributed by atoms with Crippen molar-refractivity contribution in [3.63, 3.8) is 0 Å². The van der Waals surface area contributed by atoms with Crippen molar-refractivity contribution in [2.24, 2.45) is 0 Å². The van der Waals surface area contributed by atoms with Gasteiger partial charge in [-0.3, -0.25) is 9.69 Å². The number of carbonyl (C=O) groups excluding carboxylic acids is 1. The van der Waals surface area contributed by atoms with E-state index in [1.165, 1.54) is 11.1 Å². The molecule has 2 rings (SSSR count). The number of nitrogens with zero attached hydrogens (tertiary/aromatic N) is 1. The fourth-order valence-corrected chi connectivity index (χ4v) is 2.66. The minimum absolute atomic E-state index is 0.00170. The Hall–Kier alpha value is -2.33. The number of rotatable bonds is 8. The summed E-state index contributed by atoms with van der Waals surface area (Å²) in [4.78, 5) is 14.3. The Balaban J connectivity index is 1.79. The number of aryl methyl sites for hydroxylation is 3. The summed E-state index contributed by atoms with van der Waals surface area (Å²) in [7, 11) is 1.93. The van der Waals surface area contributed by atoms with Crippen molar-refractivity contribution in [2.75, 3.05) is 32.1 Å². The van der Waals surface area contributed by atoms with Crippen LogP contribution in [0.4, 0.5) is 5.69 Å². The number of carbonyl (C=O) groups is 1. The molecule has 134 valence electrons. The van der Waals surface area contributed by atoms with Crippen LogP contribution in [-0.4, -0.2) is 37.6 Å². The van der Waals surface area contributed by atoms with E-state index in [4.69, 9.17) is 4.74 Å². The standard InChI is InChI=1S/C21H28N2O2/c1-5-18-8-6-7-17(3)21(18)22-20(24)15-23(4)13-14-25-19-11-9-16(2)10-12-19/h6-12H,5,13-15H2,1-4H3,(H,22,24). The van der Waals surface area contributed by atoms with Crippen molar-refractivity contribution in [3.8, 4) is 5.75 Å². The smallest absolute Gasteiger partial charge is 0.238 e. The van der Waals surface area contributed by atoms with E-state index < -0.39 is 0 Å². The van der Waals surface area contributed by atoms with Gasteiger partial charge in [0.15, 0.2) is 0 Å². The van der Waals surface area contributed by atoms with Gasteiger partial charge >= 0.3 is 0 Å². The molecule has 0 atom stereocenters. The zero-order valence-corrected chi connectivity index (χ0v) is 15.6. The Labute approximate surface area is 150 Å². The normalized spacial score (nSPS) is 10.8.